The molecule has 7 heteroatoms. The summed E-state index contributed by atoms with van der Waals surface area (Å²) in [6.07, 6.45) is 3.97. The summed E-state index contributed by atoms with van der Waals surface area (Å²) < 4.78 is 17.9. The van der Waals surface area contributed by atoms with Crippen LogP contribution in [0.2, 0.25) is 0 Å². The average molecular weight is 300 g/mol. The van der Waals surface area contributed by atoms with Crippen LogP contribution in [0.3, 0.4) is 0 Å². The van der Waals surface area contributed by atoms with E-state index in [9.17, 15) is 0 Å². The Morgan fingerprint density at radius 1 is 1.05 bits per heavy atom. The Morgan fingerprint density at radius 2 is 1.71 bits per heavy atom. The number of ether oxygens (including phenoxy) is 3. The normalized spacial score (nSPS) is 11.1. The third kappa shape index (κ3) is 10.4. The van der Waals surface area contributed by atoms with Crippen molar-refractivity contribution in [1.29, 1.82) is 0 Å². The lowest BCUT2D eigenvalue weighted by molar-refractivity contribution is 0.0146. The Balaban J connectivity index is 1.74. The molecule has 1 rings (SSSR count). The second-order valence-corrected chi connectivity index (χ2v) is 4.70. The maximum Gasteiger partial charge on any atom is 0.164 e. The van der Waals surface area contributed by atoms with Gasteiger partial charge in [0.1, 0.15) is 6.33 Å². The highest BCUT2D eigenvalue weighted by Crippen LogP contribution is 1.88. The van der Waals surface area contributed by atoms with E-state index in [1.165, 1.54) is 6.42 Å². The van der Waals surface area contributed by atoms with Gasteiger partial charge in [0.05, 0.1) is 39.6 Å². The standard InChI is InChI=1S/C14H28N4O3/c1-3-4-6-19-8-10-21-11-9-20-7-5-15-12-14-16-13-18(2)17-14/h13,15H,3-12H2,1-2H3. The molecule has 7 nitrogen and oxygen atoms in total. The summed E-state index contributed by atoms with van der Waals surface area (Å²) in [5.41, 5.74) is 0. The van der Waals surface area contributed by atoms with E-state index in [1.54, 1.807) is 11.0 Å². The Hall–Kier alpha value is -1.02. The van der Waals surface area contributed by atoms with Crippen LogP contribution in [0.15, 0.2) is 6.33 Å². The van der Waals surface area contributed by atoms with Crippen LogP contribution >= 0.6 is 0 Å². The number of aryl methyl sites for hydroxylation is 1. The van der Waals surface area contributed by atoms with E-state index in [1.807, 2.05) is 7.05 Å². The summed E-state index contributed by atoms with van der Waals surface area (Å²) >= 11 is 0. The number of rotatable bonds is 14. The van der Waals surface area contributed by atoms with E-state index >= 15 is 0 Å². The van der Waals surface area contributed by atoms with Crippen LogP contribution < -0.4 is 5.32 Å². The minimum absolute atomic E-state index is 0.610. The minimum Gasteiger partial charge on any atom is -0.379 e. The first-order chi connectivity index (χ1) is 10.3. The summed E-state index contributed by atoms with van der Waals surface area (Å²) in [6.45, 7) is 7.59. The second kappa shape index (κ2) is 12.7. The van der Waals surface area contributed by atoms with Crippen LogP contribution in [0.1, 0.15) is 25.6 Å². The van der Waals surface area contributed by atoms with Crippen LogP contribution in [-0.4, -0.2) is 61.0 Å². The molecule has 0 fully saturated rings. The summed E-state index contributed by atoms with van der Waals surface area (Å²) in [4.78, 5) is 4.13. The lowest BCUT2D eigenvalue weighted by Crippen LogP contribution is -2.21. The van der Waals surface area contributed by atoms with Gasteiger partial charge in [-0.3, -0.25) is 4.68 Å². The molecule has 0 bridgehead atoms. The van der Waals surface area contributed by atoms with Crippen molar-refractivity contribution in [2.45, 2.75) is 26.3 Å². The second-order valence-electron chi connectivity index (χ2n) is 4.70. The zero-order valence-electron chi connectivity index (χ0n) is 13.2. The summed E-state index contributed by atoms with van der Waals surface area (Å²) in [5.74, 6) is 0.795. The highest BCUT2D eigenvalue weighted by molar-refractivity contribution is 4.79. The molecule has 21 heavy (non-hydrogen) atoms. The quantitative estimate of drug-likeness (QED) is 0.511. The summed E-state index contributed by atoms with van der Waals surface area (Å²) in [5, 5.41) is 7.40. The maximum absolute atomic E-state index is 5.45. The van der Waals surface area contributed by atoms with Gasteiger partial charge in [-0.15, -0.1) is 0 Å². The molecule has 0 amide bonds. The molecule has 1 aromatic rings. The van der Waals surface area contributed by atoms with Crippen LogP contribution in [0, 0.1) is 0 Å². The van der Waals surface area contributed by atoms with Gasteiger partial charge in [-0.25, -0.2) is 4.98 Å². The number of hydrogen-bond donors (Lipinski definition) is 1. The van der Waals surface area contributed by atoms with Gasteiger partial charge in [0.25, 0.3) is 0 Å². The fourth-order valence-electron chi connectivity index (χ4n) is 1.60. The van der Waals surface area contributed by atoms with Crippen molar-refractivity contribution in [3.63, 3.8) is 0 Å². The van der Waals surface area contributed by atoms with E-state index in [-0.39, 0.29) is 0 Å². The largest absolute Gasteiger partial charge is 0.379 e. The predicted molar refractivity (Wildman–Crippen MR) is 80.1 cm³/mol. The minimum atomic E-state index is 0.610. The van der Waals surface area contributed by atoms with E-state index in [0.717, 1.165) is 25.4 Å². The monoisotopic (exact) mass is 300 g/mol. The maximum atomic E-state index is 5.45. The van der Waals surface area contributed by atoms with Gasteiger partial charge in [-0.2, -0.15) is 5.10 Å². The van der Waals surface area contributed by atoms with Gasteiger partial charge in [0, 0.05) is 20.2 Å². The average Bonchev–Trinajstić information content (AvgIpc) is 2.89. The molecule has 0 aromatic carbocycles. The molecule has 0 aliphatic rings. The molecular formula is C14H28N4O3. The number of aromatic nitrogens is 3. The van der Waals surface area contributed by atoms with Crippen molar-refractivity contribution in [2.75, 3.05) is 46.2 Å². The van der Waals surface area contributed by atoms with Gasteiger partial charge in [0.2, 0.25) is 0 Å². The van der Waals surface area contributed by atoms with Gasteiger partial charge < -0.3 is 19.5 Å². The number of nitrogens with zero attached hydrogens (tertiary/aromatic N) is 3. The molecule has 1 aromatic heterocycles. The van der Waals surface area contributed by atoms with Gasteiger partial charge in [-0.1, -0.05) is 13.3 Å². The highest BCUT2D eigenvalue weighted by Gasteiger charge is 1.97. The number of hydrogen-bond acceptors (Lipinski definition) is 6. The van der Waals surface area contributed by atoms with Crippen molar-refractivity contribution in [3.8, 4) is 0 Å². The molecule has 0 aliphatic carbocycles. The third-order valence-electron chi connectivity index (χ3n) is 2.74. The first-order valence-corrected chi connectivity index (χ1v) is 7.61. The Morgan fingerprint density at radius 3 is 2.33 bits per heavy atom. The smallest absolute Gasteiger partial charge is 0.164 e. The molecule has 1 N–H and O–H groups in total. The molecule has 0 radical (unpaired) electrons. The van der Waals surface area contributed by atoms with Crippen molar-refractivity contribution in [1.82, 2.24) is 20.1 Å². The SMILES string of the molecule is CCCCOCCOCCOCCNCc1ncn(C)n1. The molecule has 0 unspecified atom stereocenters. The lowest BCUT2D eigenvalue weighted by atomic mass is 10.4. The molecular weight excluding hydrogens is 272 g/mol. The molecule has 0 atom stereocenters. The van der Waals surface area contributed by atoms with E-state index in [2.05, 4.69) is 22.3 Å². The first-order valence-electron chi connectivity index (χ1n) is 7.61. The van der Waals surface area contributed by atoms with Crippen LogP contribution in [0.5, 0.6) is 0 Å². The van der Waals surface area contributed by atoms with Gasteiger partial charge >= 0.3 is 0 Å². The molecule has 122 valence electrons. The summed E-state index contributed by atoms with van der Waals surface area (Å²) in [6, 6.07) is 0. The predicted octanol–water partition coefficient (Wildman–Crippen LogP) is 0.755. The van der Waals surface area contributed by atoms with Crippen molar-refractivity contribution in [2.24, 2.45) is 7.05 Å². The van der Waals surface area contributed by atoms with E-state index in [4.69, 9.17) is 14.2 Å². The van der Waals surface area contributed by atoms with Gasteiger partial charge in [0.15, 0.2) is 5.82 Å². The van der Waals surface area contributed by atoms with E-state index < -0.39 is 0 Å². The van der Waals surface area contributed by atoms with Crippen LogP contribution in [-0.2, 0) is 27.8 Å². The Labute approximate surface area is 127 Å². The number of unbranched alkanes of at least 4 members (excludes halogenated alkanes) is 1. The van der Waals surface area contributed by atoms with Crippen molar-refractivity contribution >= 4 is 0 Å². The molecule has 0 saturated carbocycles. The molecule has 0 spiro atoms. The van der Waals surface area contributed by atoms with E-state index in [0.29, 0.717) is 39.6 Å². The van der Waals surface area contributed by atoms with Crippen LogP contribution in [0.25, 0.3) is 0 Å². The molecule has 1 heterocycles. The van der Waals surface area contributed by atoms with Crippen molar-refractivity contribution < 1.29 is 14.2 Å². The zero-order valence-corrected chi connectivity index (χ0v) is 13.2. The topological polar surface area (TPSA) is 70.4 Å². The summed E-state index contributed by atoms with van der Waals surface area (Å²) in [7, 11) is 1.86. The highest BCUT2D eigenvalue weighted by atomic mass is 16.5. The first kappa shape index (κ1) is 18.0. The third-order valence-corrected chi connectivity index (χ3v) is 2.74. The lowest BCUT2D eigenvalue weighted by Gasteiger charge is -2.07. The fraction of sp³-hybridized carbons (Fsp3) is 0.857. The van der Waals surface area contributed by atoms with Crippen molar-refractivity contribution in [3.05, 3.63) is 12.2 Å². The van der Waals surface area contributed by atoms with Gasteiger partial charge in [-0.05, 0) is 6.42 Å². The number of nitrogens with one attached hydrogen (secondary N) is 1. The molecule has 0 aliphatic heterocycles. The molecule has 0 saturated heterocycles. The Bertz CT molecular complexity index is 347. The zero-order chi connectivity index (χ0) is 15.2. The van der Waals surface area contributed by atoms with Crippen LogP contribution in [0.4, 0.5) is 0 Å². The Kier molecular flexibility index (Phi) is 10.9. The fourth-order valence-corrected chi connectivity index (χ4v) is 1.60.